The van der Waals surface area contributed by atoms with Crippen molar-refractivity contribution in [1.82, 2.24) is 29.6 Å². The van der Waals surface area contributed by atoms with Gasteiger partial charge in [0.05, 0.1) is 11.5 Å². The Morgan fingerprint density at radius 3 is 2.93 bits per heavy atom. The van der Waals surface area contributed by atoms with Gasteiger partial charge in [0.15, 0.2) is 0 Å². The molecule has 9 nitrogen and oxygen atoms in total. The Morgan fingerprint density at radius 1 is 1.30 bits per heavy atom. The molecule has 0 bridgehead atoms. The van der Waals surface area contributed by atoms with Gasteiger partial charge < -0.3 is 10.2 Å². The molecule has 138 valence electrons. The highest BCUT2D eigenvalue weighted by atomic mass is 32.1. The van der Waals surface area contributed by atoms with Crippen LogP contribution in [-0.2, 0) is 4.79 Å². The van der Waals surface area contributed by atoms with Gasteiger partial charge in [-0.3, -0.25) is 14.2 Å². The summed E-state index contributed by atoms with van der Waals surface area (Å²) in [6.45, 7) is 1.01. The number of carbonyl (C=O) groups excluding carboxylic acids is 2. The number of anilines is 1. The fourth-order valence-corrected chi connectivity index (χ4v) is 3.50. The van der Waals surface area contributed by atoms with Crippen molar-refractivity contribution in [2.45, 2.75) is 12.8 Å². The molecule has 1 saturated heterocycles. The van der Waals surface area contributed by atoms with Crippen LogP contribution in [0.4, 0.5) is 5.13 Å². The number of hydrogen-bond acceptors (Lipinski definition) is 7. The molecular formula is C17H17N7O2S. The lowest BCUT2D eigenvalue weighted by atomic mass is 9.96. The van der Waals surface area contributed by atoms with Crippen LogP contribution in [0.3, 0.4) is 0 Å². The molecule has 2 amide bonds. The van der Waals surface area contributed by atoms with Crippen molar-refractivity contribution in [3.8, 4) is 5.82 Å². The first-order chi connectivity index (χ1) is 13.2. The summed E-state index contributed by atoms with van der Waals surface area (Å²) >= 11 is 1.27. The summed E-state index contributed by atoms with van der Waals surface area (Å²) in [6, 6.07) is 3.52. The Bertz CT molecular complexity index is 909. The summed E-state index contributed by atoms with van der Waals surface area (Å²) in [7, 11) is 0. The van der Waals surface area contributed by atoms with Crippen molar-refractivity contribution in [1.29, 1.82) is 0 Å². The minimum absolute atomic E-state index is 0.118. The second kappa shape index (κ2) is 7.62. The van der Waals surface area contributed by atoms with E-state index >= 15 is 0 Å². The number of rotatable bonds is 4. The predicted molar refractivity (Wildman–Crippen MR) is 98.5 cm³/mol. The number of aromatic nitrogens is 5. The van der Waals surface area contributed by atoms with E-state index < -0.39 is 0 Å². The van der Waals surface area contributed by atoms with Crippen LogP contribution >= 0.6 is 11.3 Å². The standard InChI is InChI=1S/C17H17N7O2S/c25-15(21-17-22-20-11-27-17)13-2-1-6-23(9-13)16(26)12-3-4-14(19-8-12)24-7-5-18-10-24/h3-5,7-8,10-11,13H,1-2,6,9H2,(H,21,22,25)/t13-/m0/s1. The molecule has 10 heteroatoms. The molecular weight excluding hydrogens is 366 g/mol. The SMILES string of the molecule is O=C(Nc1nncs1)[C@H]1CCCN(C(=O)c2ccc(-n3ccnc3)nc2)C1. The van der Waals surface area contributed by atoms with Gasteiger partial charge in [-0.25, -0.2) is 9.97 Å². The molecule has 4 rings (SSSR count). The maximum atomic E-state index is 12.8. The molecule has 1 aliphatic heterocycles. The number of likely N-dealkylation sites (tertiary alicyclic amines) is 1. The molecule has 3 aromatic heterocycles. The van der Waals surface area contributed by atoms with Gasteiger partial charge in [0.2, 0.25) is 11.0 Å². The number of piperidine rings is 1. The third kappa shape index (κ3) is 3.85. The molecule has 1 N–H and O–H groups in total. The summed E-state index contributed by atoms with van der Waals surface area (Å²) in [5.74, 6) is 0.188. The number of nitrogens with zero attached hydrogens (tertiary/aromatic N) is 6. The number of nitrogens with one attached hydrogen (secondary N) is 1. The average molecular weight is 383 g/mol. The molecule has 1 aliphatic rings. The zero-order valence-corrected chi connectivity index (χ0v) is 15.2. The summed E-state index contributed by atoms with van der Waals surface area (Å²) in [4.78, 5) is 35.2. The average Bonchev–Trinajstić information content (AvgIpc) is 3.42. The molecule has 0 aliphatic carbocycles. The first-order valence-electron chi connectivity index (χ1n) is 8.51. The van der Waals surface area contributed by atoms with Crippen molar-refractivity contribution < 1.29 is 9.59 Å². The monoisotopic (exact) mass is 383 g/mol. The lowest BCUT2D eigenvalue weighted by Gasteiger charge is -2.31. The molecule has 0 unspecified atom stereocenters. The van der Waals surface area contributed by atoms with Crippen LogP contribution in [0, 0.1) is 5.92 Å². The van der Waals surface area contributed by atoms with Crippen molar-refractivity contribution in [2.24, 2.45) is 5.92 Å². The second-order valence-corrected chi connectivity index (χ2v) is 7.03. The van der Waals surface area contributed by atoms with E-state index in [0.717, 1.165) is 12.8 Å². The Balaban J connectivity index is 1.41. The van der Waals surface area contributed by atoms with E-state index in [1.165, 1.54) is 11.3 Å². The maximum Gasteiger partial charge on any atom is 0.255 e. The van der Waals surface area contributed by atoms with E-state index in [1.54, 1.807) is 52.0 Å². The number of imidazole rings is 1. The van der Waals surface area contributed by atoms with E-state index in [1.807, 2.05) is 0 Å². The first kappa shape index (κ1) is 17.3. The first-order valence-corrected chi connectivity index (χ1v) is 9.39. The topological polar surface area (TPSA) is 106 Å². The van der Waals surface area contributed by atoms with Gasteiger partial charge in [-0.15, -0.1) is 10.2 Å². The highest BCUT2D eigenvalue weighted by Gasteiger charge is 2.29. The fraction of sp³-hybridized carbons (Fsp3) is 0.294. The van der Waals surface area contributed by atoms with Gasteiger partial charge in [0.1, 0.15) is 17.7 Å². The van der Waals surface area contributed by atoms with Gasteiger partial charge in [-0.05, 0) is 25.0 Å². The van der Waals surface area contributed by atoms with Crippen LogP contribution in [0.1, 0.15) is 23.2 Å². The molecule has 0 radical (unpaired) electrons. The molecule has 27 heavy (non-hydrogen) atoms. The summed E-state index contributed by atoms with van der Waals surface area (Å²) < 4.78 is 1.77. The Labute approximate surface area is 159 Å². The van der Waals surface area contributed by atoms with Crippen LogP contribution in [0.5, 0.6) is 0 Å². The highest BCUT2D eigenvalue weighted by molar-refractivity contribution is 7.13. The minimum atomic E-state index is -0.259. The van der Waals surface area contributed by atoms with E-state index in [4.69, 9.17) is 0 Å². The molecule has 0 saturated carbocycles. The quantitative estimate of drug-likeness (QED) is 0.734. The fourth-order valence-electron chi connectivity index (χ4n) is 3.05. The summed E-state index contributed by atoms with van der Waals surface area (Å²) in [5, 5.41) is 10.8. The lowest BCUT2D eigenvalue weighted by molar-refractivity contribution is -0.121. The van der Waals surface area contributed by atoms with Crippen LogP contribution in [0.15, 0.2) is 42.6 Å². The van der Waals surface area contributed by atoms with E-state index in [-0.39, 0.29) is 17.7 Å². The molecule has 4 heterocycles. The number of pyridine rings is 1. The summed E-state index contributed by atoms with van der Waals surface area (Å²) in [6.07, 6.45) is 8.18. The lowest BCUT2D eigenvalue weighted by Crippen LogP contribution is -2.43. The molecule has 3 aromatic rings. The second-order valence-electron chi connectivity index (χ2n) is 6.20. The van der Waals surface area contributed by atoms with Crippen molar-refractivity contribution in [3.05, 3.63) is 48.1 Å². The number of hydrogen-bond donors (Lipinski definition) is 1. The molecule has 1 atom stereocenters. The van der Waals surface area contributed by atoms with Crippen LogP contribution < -0.4 is 5.32 Å². The van der Waals surface area contributed by atoms with Crippen LogP contribution in [0.2, 0.25) is 0 Å². The zero-order valence-electron chi connectivity index (χ0n) is 14.4. The maximum absolute atomic E-state index is 12.8. The minimum Gasteiger partial charge on any atom is -0.338 e. The highest BCUT2D eigenvalue weighted by Crippen LogP contribution is 2.21. The van der Waals surface area contributed by atoms with Gasteiger partial charge in [-0.1, -0.05) is 11.3 Å². The Hall–Kier alpha value is -3.14. The van der Waals surface area contributed by atoms with Gasteiger partial charge in [0, 0.05) is 31.7 Å². The van der Waals surface area contributed by atoms with Gasteiger partial charge >= 0.3 is 0 Å². The smallest absolute Gasteiger partial charge is 0.255 e. The van der Waals surface area contributed by atoms with Crippen molar-refractivity contribution in [3.63, 3.8) is 0 Å². The normalized spacial score (nSPS) is 16.9. The molecule has 1 fully saturated rings. The number of carbonyl (C=O) groups is 2. The Morgan fingerprint density at radius 2 is 2.22 bits per heavy atom. The van der Waals surface area contributed by atoms with E-state index in [2.05, 4.69) is 25.5 Å². The van der Waals surface area contributed by atoms with Crippen LogP contribution in [0.25, 0.3) is 5.82 Å². The zero-order chi connectivity index (χ0) is 18.6. The van der Waals surface area contributed by atoms with Gasteiger partial charge in [-0.2, -0.15) is 0 Å². The number of amides is 2. The van der Waals surface area contributed by atoms with E-state index in [0.29, 0.717) is 29.6 Å². The molecule has 0 aromatic carbocycles. The third-order valence-corrected chi connectivity index (χ3v) is 5.04. The summed E-state index contributed by atoms with van der Waals surface area (Å²) in [5.41, 5.74) is 2.07. The van der Waals surface area contributed by atoms with Crippen molar-refractivity contribution in [2.75, 3.05) is 18.4 Å². The van der Waals surface area contributed by atoms with Gasteiger partial charge in [0.25, 0.3) is 5.91 Å². The third-order valence-electron chi connectivity index (χ3n) is 4.43. The van der Waals surface area contributed by atoms with E-state index in [9.17, 15) is 9.59 Å². The Kier molecular flexibility index (Phi) is 4.88. The van der Waals surface area contributed by atoms with Crippen LogP contribution in [-0.4, -0.2) is 54.5 Å². The molecule has 0 spiro atoms. The predicted octanol–water partition coefficient (Wildman–Crippen LogP) is 1.61. The largest absolute Gasteiger partial charge is 0.338 e. The van der Waals surface area contributed by atoms with Crippen molar-refractivity contribution >= 4 is 28.3 Å².